The summed E-state index contributed by atoms with van der Waals surface area (Å²) in [6.45, 7) is 6.64. The van der Waals surface area contributed by atoms with Gasteiger partial charge >= 0.3 is 12.0 Å². The van der Waals surface area contributed by atoms with Crippen LogP contribution in [0.2, 0.25) is 0 Å². The number of carbonyl (C=O) groups excluding carboxylic acids is 1. The summed E-state index contributed by atoms with van der Waals surface area (Å²) in [7, 11) is 0. The molecule has 10 heteroatoms. The van der Waals surface area contributed by atoms with Gasteiger partial charge in [0.1, 0.15) is 18.0 Å². The van der Waals surface area contributed by atoms with Crippen molar-refractivity contribution < 1.29 is 19.3 Å². The first-order valence-electron chi connectivity index (χ1n) is 6.19. The van der Waals surface area contributed by atoms with E-state index in [2.05, 4.69) is 9.82 Å². The van der Waals surface area contributed by atoms with Crippen LogP contribution in [-0.4, -0.2) is 38.9 Å². The average molecular weight is 301 g/mol. The maximum Gasteiger partial charge on any atom is 0.457 e. The molecule has 0 aliphatic carbocycles. The number of nitrogens with zero attached hydrogens (tertiary/aromatic N) is 4. The van der Waals surface area contributed by atoms with Crippen LogP contribution in [0, 0.1) is 10.1 Å². The number of hydrogen-bond acceptors (Lipinski definition) is 7. The molecule has 0 aromatic carbocycles. The molecule has 0 radical (unpaired) electrons. The maximum absolute atomic E-state index is 12.2. The van der Waals surface area contributed by atoms with E-state index in [1.165, 1.54) is 12.4 Å². The molecular formula is C11H19N5O5. The third-order valence-electron chi connectivity index (χ3n) is 2.29. The molecule has 0 bridgehead atoms. The first-order valence-corrected chi connectivity index (χ1v) is 6.19. The highest BCUT2D eigenvalue weighted by Gasteiger charge is 2.31. The topological polar surface area (TPSA) is 126 Å². The van der Waals surface area contributed by atoms with E-state index in [4.69, 9.17) is 10.6 Å². The van der Waals surface area contributed by atoms with E-state index < -0.39 is 28.7 Å². The molecule has 0 spiro atoms. The van der Waals surface area contributed by atoms with Crippen LogP contribution < -0.4 is 10.9 Å². The van der Waals surface area contributed by atoms with Crippen molar-refractivity contribution in [2.75, 3.05) is 11.6 Å². The van der Waals surface area contributed by atoms with Gasteiger partial charge in [-0.1, -0.05) is 4.98 Å². The monoisotopic (exact) mass is 301 g/mol. The van der Waals surface area contributed by atoms with Crippen molar-refractivity contribution in [3.63, 3.8) is 0 Å². The first-order chi connectivity index (χ1) is 9.65. The molecule has 1 amide bonds. The summed E-state index contributed by atoms with van der Waals surface area (Å²) in [5.41, 5.74) is -0.752. The van der Waals surface area contributed by atoms with Gasteiger partial charge in [0.05, 0.1) is 12.6 Å². The lowest BCUT2D eigenvalue weighted by Crippen LogP contribution is -2.48. The lowest BCUT2D eigenvalue weighted by atomic mass is 10.2. The molecule has 0 aliphatic heterocycles. The highest BCUT2D eigenvalue weighted by Crippen LogP contribution is 2.14. The van der Waals surface area contributed by atoms with Gasteiger partial charge in [-0.05, 0) is 32.6 Å². The quantitative estimate of drug-likeness (QED) is 0.633. The summed E-state index contributed by atoms with van der Waals surface area (Å²) in [5.74, 6) is 4.55. The van der Waals surface area contributed by atoms with Gasteiger partial charge in [0.15, 0.2) is 0 Å². The van der Waals surface area contributed by atoms with E-state index in [1.807, 2.05) is 0 Å². The minimum Gasteiger partial charge on any atom is -0.442 e. The molecule has 1 aromatic heterocycles. The number of aromatic nitrogens is 2. The van der Waals surface area contributed by atoms with Crippen molar-refractivity contribution >= 4 is 12.0 Å². The van der Waals surface area contributed by atoms with Crippen LogP contribution in [0.4, 0.5) is 10.7 Å². The van der Waals surface area contributed by atoms with Crippen molar-refractivity contribution in [1.29, 1.82) is 0 Å². The number of nitrogens with two attached hydrogens (primary N) is 1. The molecule has 0 aliphatic rings. The van der Waals surface area contributed by atoms with E-state index in [9.17, 15) is 14.9 Å². The Morgan fingerprint density at radius 2 is 2.24 bits per heavy atom. The fraction of sp³-hybridized carbons (Fsp3) is 0.636. The number of rotatable bonds is 5. The number of amides is 1. The largest absolute Gasteiger partial charge is 0.457 e. The van der Waals surface area contributed by atoms with Gasteiger partial charge in [-0.2, -0.15) is 5.01 Å². The lowest BCUT2D eigenvalue weighted by molar-refractivity contribution is -0.396. The van der Waals surface area contributed by atoms with Crippen molar-refractivity contribution in [3.8, 4) is 0 Å². The second kappa shape index (κ2) is 6.50. The minimum atomic E-state index is -0.771. The van der Waals surface area contributed by atoms with Gasteiger partial charge < -0.3 is 14.9 Å². The van der Waals surface area contributed by atoms with Crippen LogP contribution in [0.1, 0.15) is 27.7 Å². The zero-order valence-corrected chi connectivity index (χ0v) is 12.3. The summed E-state index contributed by atoms with van der Waals surface area (Å²) in [5, 5.41) is 11.9. The fourth-order valence-electron chi connectivity index (χ4n) is 1.46. The number of ether oxygens (including phenoxy) is 1. The van der Waals surface area contributed by atoms with E-state index in [1.54, 1.807) is 27.7 Å². The lowest BCUT2D eigenvalue weighted by Gasteiger charge is -2.26. The molecular weight excluding hydrogens is 282 g/mol. The molecule has 118 valence electrons. The van der Waals surface area contributed by atoms with Gasteiger partial charge in [-0.3, -0.25) is 4.84 Å². The van der Waals surface area contributed by atoms with E-state index in [0.717, 1.165) is 9.69 Å². The maximum atomic E-state index is 12.2. The molecule has 2 N–H and O–H groups in total. The number of nitro groups is 1. The zero-order chi connectivity index (χ0) is 16.2. The minimum absolute atomic E-state index is 0.0391. The Hall–Kier alpha value is -2.20. The Kier molecular flexibility index (Phi) is 5.22. The second-order valence-corrected chi connectivity index (χ2v) is 5.34. The molecule has 0 saturated carbocycles. The van der Waals surface area contributed by atoms with Crippen LogP contribution in [0.3, 0.4) is 0 Å². The van der Waals surface area contributed by atoms with Crippen molar-refractivity contribution in [3.05, 3.63) is 22.5 Å². The standard InChI is InChI=1S/C11H19N5O5/c1-8(21-12)7-15(10(17)20-11(2,3)4)14-6-5-13-9(14)16(18)19/h5-6,8H,7,12H2,1-4H3. The molecule has 0 fully saturated rings. The van der Waals surface area contributed by atoms with Crippen LogP contribution in [0.5, 0.6) is 0 Å². The number of carbonyl (C=O) groups is 1. The molecule has 1 unspecified atom stereocenters. The third-order valence-corrected chi connectivity index (χ3v) is 2.29. The van der Waals surface area contributed by atoms with Crippen LogP contribution in [0.25, 0.3) is 0 Å². The van der Waals surface area contributed by atoms with Crippen LogP contribution >= 0.6 is 0 Å². The van der Waals surface area contributed by atoms with Gasteiger partial charge in [-0.15, -0.1) is 4.68 Å². The summed E-state index contributed by atoms with van der Waals surface area (Å²) in [6, 6.07) is 0. The van der Waals surface area contributed by atoms with Gasteiger partial charge in [0, 0.05) is 0 Å². The van der Waals surface area contributed by atoms with Crippen molar-refractivity contribution in [1.82, 2.24) is 9.66 Å². The number of imidazole rings is 1. The number of hydrogen-bond donors (Lipinski definition) is 1. The average Bonchev–Trinajstić information content (AvgIpc) is 2.82. The molecule has 10 nitrogen and oxygen atoms in total. The predicted octanol–water partition coefficient (Wildman–Crippen LogP) is 0.943. The van der Waals surface area contributed by atoms with E-state index in [-0.39, 0.29) is 6.54 Å². The van der Waals surface area contributed by atoms with Gasteiger partial charge in [-0.25, -0.2) is 10.7 Å². The Morgan fingerprint density at radius 3 is 2.71 bits per heavy atom. The summed E-state index contributed by atoms with van der Waals surface area (Å²) in [4.78, 5) is 30.7. The first kappa shape index (κ1) is 16.9. The smallest absolute Gasteiger partial charge is 0.442 e. The molecule has 1 aromatic rings. The van der Waals surface area contributed by atoms with Gasteiger partial charge in [0.2, 0.25) is 0 Å². The molecule has 21 heavy (non-hydrogen) atoms. The molecule has 1 rings (SSSR count). The Morgan fingerprint density at radius 1 is 1.62 bits per heavy atom. The Balaban J connectivity index is 3.10. The SMILES string of the molecule is CC(CN(C(=O)OC(C)(C)C)n1ccnc1[N+](=O)[O-])ON. The summed E-state index contributed by atoms with van der Waals surface area (Å²) in [6.07, 6.45) is 1.17. The Bertz CT molecular complexity index is 509. The van der Waals surface area contributed by atoms with Crippen LogP contribution in [0.15, 0.2) is 12.4 Å². The molecule has 1 heterocycles. The Labute approximate surface area is 121 Å². The molecule has 1 atom stereocenters. The highest BCUT2D eigenvalue weighted by molar-refractivity contribution is 5.79. The van der Waals surface area contributed by atoms with Gasteiger partial charge in [0.25, 0.3) is 0 Å². The summed E-state index contributed by atoms with van der Waals surface area (Å²) >= 11 is 0. The fourth-order valence-corrected chi connectivity index (χ4v) is 1.46. The van der Waals surface area contributed by atoms with E-state index in [0.29, 0.717) is 0 Å². The zero-order valence-electron chi connectivity index (χ0n) is 12.3. The molecule has 0 saturated heterocycles. The third kappa shape index (κ3) is 4.68. The summed E-state index contributed by atoms with van der Waals surface area (Å²) < 4.78 is 6.21. The highest BCUT2D eigenvalue weighted by atomic mass is 16.6. The second-order valence-electron chi connectivity index (χ2n) is 5.34. The predicted molar refractivity (Wildman–Crippen MR) is 72.9 cm³/mol. The van der Waals surface area contributed by atoms with E-state index >= 15 is 0 Å². The normalized spacial score (nSPS) is 12.8. The van der Waals surface area contributed by atoms with Crippen molar-refractivity contribution in [2.45, 2.75) is 39.4 Å². The van der Waals surface area contributed by atoms with Crippen LogP contribution in [-0.2, 0) is 9.57 Å². The van der Waals surface area contributed by atoms with Crippen molar-refractivity contribution in [2.24, 2.45) is 5.90 Å².